The molecule has 2 aromatic rings. The summed E-state index contributed by atoms with van der Waals surface area (Å²) >= 11 is 0. The number of benzene rings is 2. The molecule has 0 saturated carbocycles. The van der Waals surface area contributed by atoms with Crippen LogP contribution in [0.5, 0.6) is 11.5 Å². The molecule has 0 aliphatic heterocycles. The smallest absolute Gasteiger partial charge is 0.471 e. The number of carbonyl (C=O) groups is 2. The van der Waals surface area contributed by atoms with Gasteiger partial charge in [0.25, 0.3) is 0 Å². The van der Waals surface area contributed by atoms with Gasteiger partial charge in [0.2, 0.25) is 0 Å². The SMILES string of the molecule is O=C(O)C[C@H](NC(=O)C(F)(F)F)c1cccc(Oc2ccccc2)c1. The van der Waals surface area contributed by atoms with Crippen molar-refractivity contribution in [2.75, 3.05) is 0 Å². The van der Waals surface area contributed by atoms with Gasteiger partial charge < -0.3 is 15.2 Å². The van der Waals surface area contributed by atoms with E-state index in [2.05, 4.69) is 0 Å². The van der Waals surface area contributed by atoms with Crippen molar-refractivity contribution in [3.05, 3.63) is 60.2 Å². The molecule has 0 spiro atoms. The van der Waals surface area contributed by atoms with Crippen molar-refractivity contribution in [1.82, 2.24) is 5.32 Å². The van der Waals surface area contributed by atoms with E-state index < -0.39 is 30.5 Å². The van der Waals surface area contributed by atoms with Gasteiger partial charge in [0.15, 0.2) is 0 Å². The predicted molar refractivity (Wildman–Crippen MR) is 82.1 cm³/mol. The Morgan fingerprint density at radius 1 is 1.04 bits per heavy atom. The first-order valence-corrected chi connectivity index (χ1v) is 7.18. The van der Waals surface area contributed by atoms with Crippen molar-refractivity contribution in [2.45, 2.75) is 18.6 Å². The lowest BCUT2D eigenvalue weighted by Crippen LogP contribution is -2.39. The Hall–Kier alpha value is -3.03. The van der Waals surface area contributed by atoms with Crippen LogP contribution in [0.3, 0.4) is 0 Å². The highest BCUT2D eigenvalue weighted by Gasteiger charge is 2.40. The Bertz CT molecular complexity index is 747. The minimum atomic E-state index is -5.10. The van der Waals surface area contributed by atoms with Crippen LogP contribution in [0, 0.1) is 0 Å². The molecule has 5 nitrogen and oxygen atoms in total. The summed E-state index contributed by atoms with van der Waals surface area (Å²) in [4.78, 5) is 22.1. The lowest BCUT2D eigenvalue weighted by atomic mass is 10.0. The first kappa shape index (κ1) is 18.3. The fourth-order valence-corrected chi connectivity index (χ4v) is 2.09. The second-order valence-corrected chi connectivity index (χ2v) is 5.11. The van der Waals surface area contributed by atoms with E-state index in [1.807, 2.05) is 0 Å². The third-order valence-electron chi connectivity index (χ3n) is 3.18. The largest absolute Gasteiger partial charge is 0.481 e. The number of hydrogen-bond acceptors (Lipinski definition) is 3. The van der Waals surface area contributed by atoms with Crippen LogP contribution in [0.2, 0.25) is 0 Å². The molecule has 2 N–H and O–H groups in total. The number of ether oxygens (including phenoxy) is 1. The highest BCUT2D eigenvalue weighted by Crippen LogP contribution is 2.27. The molecule has 0 radical (unpaired) electrons. The van der Waals surface area contributed by atoms with Crippen LogP contribution >= 0.6 is 0 Å². The first-order valence-electron chi connectivity index (χ1n) is 7.18. The number of rotatable bonds is 6. The number of hydrogen-bond donors (Lipinski definition) is 2. The molecular formula is C17H14F3NO4. The van der Waals surface area contributed by atoms with Crippen LogP contribution in [-0.4, -0.2) is 23.2 Å². The van der Waals surface area contributed by atoms with Crippen molar-refractivity contribution in [3.8, 4) is 11.5 Å². The highest BCUT2D eigenvalue weighted by atomic mass is 19.4. The van der Waals surface area contributed by atoms with Crippen LogP contribution in [-0.2, 0) is 9.59 Å². The zero-order chi connectivity index (χ0) is 18.4. The van der Waals surface area contributed by atoms with Crippen molar-refractivity contribution < 1.29 is 32.6 Å². The molecule has 0 aliphatic carbocycles. The number of halogens is 3. The molecule has 1 atom stereocenters. The minimum Gasteiger partial charge on any atom is -0.481 e. The number of aliphatic carboxylic acids is 1. The van der Waals surface area contributed by atoms with Gasteiger partial charge in [0.1, 0.15) is 11.5 Å². The molecule has 0 saturated heterocycles. The quantitative estimate of drug-likeness (QED) is 0.831. The van der Waals surface area contributed by atoms with E-state index in [4.69, 9.17) is 9.84 Å². The second kappa shape index (κ2) is 7.69. The fraction of sp³-hybridized carbons (Fsp3) is 0.176. The topological polar surface area (TPSA) is 75.6 Å². The molecule has 0 bridgehead atoms. The van der Waals surface area contributed by atoms with E-state index in [0.29, 0.717) is 11.5 Å². The van der Waals surface area contributed by atoms with Crippen molar-refractivity contribution in [3.63, 3.8) is 0 Å². The minimum absolute atomic E-state index is 0.188. The third-order valence-corrected chi connectivity index (χ3v) is 3.18. The standard InChI is InChI=1S/C17H14F3NO4/c18-17(19,20)16(24)21-14(10-15(22)23)11-5-4-8-13(9-11)25-12-6-2-1-3-7-12/h1-9,14H,10H2,(H,21,24)(H,22,23)/t14-/m0/s1. The molecule has 0 aliphatic rings. The molecule has 0 fully saturated rings. The van der Waals surface area contributed by atoms with Gasteiger partial charge >= 0.3 is 18.1 Å². The number of carboxylic acids is 1. The highest BCUT2D eigenvalue weighted by molar-refractivity contribution is 5.82. The molecule has 1 amide bonds. The lowest BCUT2D eigenvalue weighted by Gasteiger charge is -2.19. The summed E-state index contributed by atoms with van der Waals surface area (Å²) in [5, 5.41) is 10.6. The summed E-state index contributed by atoms with van der Waals surface area (Å²) < 4.78 is 42.9. The van der Waals surface area contributed by atoms with Crippen molar-refractivity contribution >= 4 is 11.9 Å². The zero-order valence-electron chi connectivity index (χ0n) is 12.8. The molecule has 0 aromatic heterocycles. The summed E-state index contributed by atoms with van der Waals surface area (Å²) in [6.07, 6.45) is -5.80. The summed E-state index contributed by atoms with van der Waals surface area (Å²) in [7, 11) is 0. The van der Waals surface area contributed by atoms with E-state index in [1.54, 1.807) is 41.7 Å². The monoisotopic (exact) mass is 353 g/mol. The molecule has 2 rings (SSSR count). The molecular weight excluding hydrogens is 339 g/mol. The molecule has 25 heavy (non-hydrogen) atoms. The van der Waals surface area contributed by atoms with E-state index in [9.17, 15) is 22.8 Å². The van der Waals surface area contributed by atoms with Crippen LogP contribution in [0.4, 0.5) is 13.2 Å². The Kier molecular flexibility index (Phi) is 5.63. The summed E-state index contributed by atoms with van der Waals surface area (Å²) in [6, 6.07) is 13.2. The summed E-state index contributed by atoms with van der Waals surface area (Å²) in [5.41, 5.74) is 0.188. The van der Waals surface area contributed by atoms with Crippen LogP contribution < -0.4 is 10.1 Å². The normalized spacial score (nSPS) is 12.3. The number of alkyl halides is 3. The van der Waals surface area contributed by atoms with Crippen molar-refractivity contribution in [2.24, 2.45) is 0 Å². The van der Waals surface area contributed by atoms with Crippen LogP contribution in [0.25, 0.3) is 0 Å². The van der Waals surface area contributed by atoms with E-state index in [0.717, 1.165) is 0 Å². The number of nitrogens with one attached hydrogen (secondary N) is 1. The Balaban J connectivity index is 2.23. The van der Waals surface area contributed by atoms with Crippen LogP contribution in [0.1, 0.15) is 18.0 Å². The summed E-state index contributed by atoms with van der Waals surface area (Å²) in [5.74, 6) is -2.73. The Morgan fingerprint density at radius 3 is 2.28 bits per heavy atom. The number of amides is 1. The predicted octanol–water partition coefficient (Wildman–Crippen LogP) is 3.67. The van der Waals surface area contributed by atoms with Gasteiger partial charge in [0, 0.05) is 0 Å². The van der Waals surface area contributed by atoms with Gasteiger partial charge in [-0.25, -0.2) is 0 Å². The van der Waals surface area contributed by atoms with Crippen LogP contribution in [0.15, 0.2) is 54.6 Å². The number of para-hydroxylation sites is 1. The Labute approximate surface area is 141 Å². The van der Waals surface area contributed by atoms with Gasteiger partial charge in [-0.05, 0) is 29.8 Å². The number of carboxylic acid groups (broad SMARTS) is 1. The summed E-state index contributed by atoms with van der Waals surface area (Å²) in [6.45, 7) is 0. The van der Waals surface area contributed by atoms with Gasteiger partial charge in [-0.2, -0.15) is 13.2 Å². The molecule has 0 unspecified atom stereocenters. The average molecular weight is 353 g/mol. The Morgan fingerprint density at radius 2 is 1.68 bits per heavy atom. The lowest BCUT2D eigenvalue weighted by molar-refractivity contribution is -0.174. The van der Waals surface area contributed by atoms with E-state index >= 15 is 0 Å². The van der Waals surface area contributed by atoms with Gasteiger partial charge in [-0.15, -0.1) is 0 Å². The van der Waals surface area contributed by atoms with Gasteiger partial charge in [-0.1, -0.05) is 30.3 Å². The molecule has 8 heteroatoms. The maximum absolute atomic E-state index is 12.4. The van der Waals surface area contributed by atoms with Gasteiger partial charge in [-0.3, -0.25) is 9.59 Å². The number of carbonyl (C=O) groups excluding carboxylic acids is 1. The van der Waals surface area contributed by atoms with Crippen molar-refractivity contribution in [1.29, 1.82) is 0 Å². The zero-order valence-corrected chi connectivity index (χ0v) is 12.8. The first-order chi connectivity index (χ1) is 11.8. The van der Waals surface area contributed by atoms with E-state index in [1.165, 1.54) is 18.2 Å². The maximum Gasteiger partial charge on any atom is 0.471 e. The molecule has 132 valence electrons. The average Bonchev–Trinajstić information content (AvgIpc) is 2.54. The second-order valence-electron chi connectivity index (χ2n) is 5.11. The maximum atomic E-state index is 12.4. The van der Waals surface area contributed by atoms with E-state index in [-0.39, 0.29) is 5.56 Å². The molecule has 2 aromatic carbocycles. The fourth-order valence-electron chi connectivity index (χ4n) is 2.09. The molecule has 0 heterocycles. The third kappa shape index (κ3) is 5.52. The van der Waals surface area contributed by atoms with Gasteiger partial charge in [0.05, 0.1) is 12.5 Å².